The van der Waals surface area contributed by atoms with E-state index in [1.54, 1.807) is 16.6 Å². The molecule has 1 atom stereocenters. The summed E-state index contributed by atoms with van der Waals surface area (Å²) < 4.78 is 48.0. The fourth-order valence-corrected chi connectivity index (χ4v) is 6.45. The molecule has 1 fully saturated rings. The van der Waals surface area contributed by atoms with Crippen LogP contribution < -0.4 is 15.8 Å². The van der Waals surface area contributed by atoms with Crippen LogP contribution in [0.3, 0.4) is 0 Å². The number of pyridine rings is 1. The number of rotatable bonds is 8. The number of aromatic hydroxyl groups is 1. The first-order chi connectivity index (χ1) is 23.9. The zero-order valence-electron chi connectivity index (χ0n) is 27.8. The number of ether oxygens (including phenoxy) is 1. The molecule has 2 amide bonds. The van der Waals surface area contributed by atoms with Crippen molar-refractivity contribution in [3.05, 3.63) is 81.3 Å². The third kappa shape index (κ3) is 6.79. The van der Waals surface area contributed by atoms with Crippen LogP contribution in [0.1, 0.15) is 59.3 Å². The number of piperazine rings is 1. The molecule has 3 aromatic heterocycles. The number of aryl methyl sites for hydroxylation is 1. The van der Waals surface area contributed by atoms with Gasteiger partial charge in [0.15, 0.2) is 11.5 Å². The number of carbonyl (C=O) groups is 2. The SMILES string of the molecule is CCc1c(N2CCN(C(=O)c3ncccc3O)CC2)c(=O)n2nc(C3=CCC(OC)CC3)nc2n1CC(=O)Nc1ccc(C(F)(F)F)cc1C. The van der Waals surface area contributed by atoms with Crippen LogP contribution in [-0.2, 0) is 28.7 Å². The van der Waals surface area contributed by atoms with Crippen molar-refractivity contribution in [2.45, 2.75) is 58.4 Å². The second-order valence-electron chi connectivity index (χ2n) is 12.3. The van der Waals surface area contributed by atoms with Gasteiger partial charge in [-0.25, -0.2) is 4.98 Å². The first-order valence-electron chi connectivity index (χ1n) is 16.3. The van der Waals surface area contributed by atoms with E-state index < -0.39 is 29.1 Å². The molecule has 13 nitrogen and oxygen atoms in total. The molecule has 2 aliphatic rings. The van der Waals surface area contributed by atoms with E-state index in [1.807, 2.05) is 17.9 Å². The Kier molecular flexibility index (Phi) is 9.64. The van der Waals surface area contributed by atoms with Crippen molar-refractivity contribution in [1.29, 1.82) is 0 Å². The summed E-state index contributed by atoms with van der Waals surface area (Å²) in [6, 6.07) is 6.01. The van der Waals surface area contributed by atoms with E-state index in [4.69, 9.17) is 9.72 Å². The molecule has 1 aliphatic heterocycles. The normalized spacial score (nSPS) is 16.8. The van der Waals surface area contributed by atoms with Crippen molar-refractivity contribution < 1.29 is 32.6 Å². The van der Waals surface area contributed by atoms with Crippen LogP contribution in [0.15, 0.2) is 47.4 Å². The Morgan fingerprint density at radius 2 is 1.90 bits per heavy atom. The van der Waals surface area contributed by atoms with Crippen LogP contribution >= 0.6 is 0 Å². The van der Waals surface area contributed by atoms with E-state index in [0.29, 0.717) is 36.5 Å². The minimum absolute atomic E-state index is 0.0581. The third-order valence-electron chi connectivity index (χ3n) is 9.15. The molecular weight excluding hydrogens is 657 g/mol. The van der Waals surface area contributed by atoms with Crippen LogP contribution in [0, 0.1) is 6.92 Å². The molecule has 0 spiro atoms. The van der Waals surface area contributed by atoms with Gasteiger partial charge in [0, 0.05) is 45.2 Å². The van der Waals surface area contributed by atoms with Gasteiger partial charge in [0.2, 0.25) is 11.7 Å². The van der Waals surface area contributed by atoms with Crippen molar-refractivity contribution >= 4 is 34.5 Å². The van der Waals surface area contributed by atoms with Gasteiger partial charge in [-0.3, -0.25) is 14.4 Å². The van der Waals surface area contributed by atoms with Crippen LogP contribution in [0.5, 0.6) is 5.75 Å². The molecule has 0 saturated carbocycles. The number of fused-ring (bicyclic) bond motifs is 1. The predicted molar refractivity (Wildman–Crippen MR) is 178 cm³/mol. The molecule has 1 aromatic carbocycles. The minimum atomic E-state index is -4.52. The Balaban J connectivity index is 1.35. The average molecular weight is 695 g/mol. The van der Waals surface area contributed by atoms with Gasteiger partial charge < -0.3 is 29.5 Å². The number of benzene rings is 1. The van der Waals surface area contributed by atoms with Crippen LogP contribution in [0.2, 0.25) is 0 Å². The molecule has 0 radical (unpaired) electrons. The molecule has 1 unspecified atom stereocenters. The molecule has 0 bridgehead atoms. The quantitative estimate of drug-likeness (QED) is 0.279. The van der Waals surface area contributed by atoms with E-state index in [2.05, 4.69) is 15.4 Å². The summed E-state index contributed by atoms with van der Waals surface area (Å²) in [5, 5.41) is 17.5. The number of carbonyl (C=O) groups excluding carboxylic acids is 2. The Morgan fingerprint density at radius 3 is 2.52 bits per heavy atom. The van der Waals surface area contributed by atoms with Crippen molar-refractivity contribution in [2.24, 2.45) is 0 Å². The number of nitrogens with zero attached hydrogens (tertiary/aromatic N) is 7. The van der Waals surface area contributed by atoms with Gasteiger partial charge in [-0.2, -0.15) is 22.7 Å². The first kappa shape index (κ1) is 34.6. The summed E-state index contributed by atoms with van der Waals surface area (Å²) in [5.41, 5.74) is 0.819. The Hall–Kier alpha value is -5.25. The average Bonchev–Trinajstić information content (AvgIpc) is 3.56. The molecule has 6 rings (SSSR count). The van der Waals surface area contributed by atoms with E-state index in [-0.39, 0.29) is 67.3 Å². The number of hydrogen-bond donors (Lipinski definition) is 2. The summed E-state index contributed by atoms with van der Waals surface area (Å²) in [7, 11) is 1.66. The maximum absolute atomic E-state index is 14.2. The highest BCUT2D eigenvalue weighted by Crippen LogP contribution is 2.32. The van der Waals surface area contributed by atoms with Crippen molar-refractivity contribution in [3.63, 3.8) is 0 Å². The maximum atomic E-state index is 14.2. The van der Waals surface area contributed by atoms with Crippen molar-refractivity contribution in [3.8, 4) is 5.75 Å². The van der Waals surface area contributed by atoms with Gasteiger partial charge in [0.05, 0.1) is 17.4 Å². The molecule has 16 heteroatoms. The second-order valence-corrected chi connectivity index (χ2v) is 12.3. The molecule has 4 aromatic rings. The highest BCUT2D eigenvalue weighted by Gasteiger charge is 2.32. The zero-order chi connectivity index (χ0) is 35.7. The first-order valence-corrected chi connectivity index (χ1v) is 16.3. The fraction of sp³-hybridized carbons (Fsp3) is 0.412. The third-order valence-corrected chi connectivity index (χ3v) is 9.15. The number of alkyl halides is 3. The lowest BCUT2D eigenvalue weighted by molar-refractivity contribution is -0.137. The van der Waals surface area contributed by atoms with Gasteiger partial charge >= 0.3 is 6.18 Å². The van der Waals surface area contributed by atoms with Gasteiger partial charge in [0.1, 0.15) is 18.0 Å². The van der Waals surface area contributed by atoms with Crippen molar-refractivity contribution in [1.82, 2.24) is 29.0 Å². The predicted octanol–water partition coefficient (Wildman–Crippen LogP) is 4.06. The fourth-order valence-electron chi connectivity index (χ4n) is 6.45. The number of amides is 2. The van der Waals surface area contributed by atoms with E-state index in [0.717, 1.165) is 24.1 Å². The smallest absolute Gasteiger partial charge is 0.416 e. The maximum Gasteiger partial charge on any atom is 0.416 e. The summed E-state index contributed by atoms with van der Waals surface area (Å²) in [5.74, 6) is -0.680. The standard InChI is InChI=1S/C34H37F3N8O5/c1-4-25-29(42-14-16-43(17-15-42)31(48)28-26(46)6-5-13-38-28)32(49)45-33(40-30(41-45)21-7-10-23(50-3)11-8-21)44(25)19-27(47)39-24-12-9-22(18-20(24)2)34(35,36)37/h5-7,9,12-13,18,23,46H,4,8,10-11,14-17,19H2,1-3H3,(H,39,47). The minimum Gasteiger partial charge on any atom is -0.505 e. The summed E-state index contributed by atoms with van der Waals surface area (Å²) >= 11 is 0. The number of methoxy groups -OCH3 is 1. The lowest BCUT2D eigenvalue weighted by Crippen LogP contribution is -2.51. The largest absolute Gasteiger partial charge is 0.505 e. The lowest BCUT2D eigenvalue weighted by atomic mass is 9.97. The van der Waals surface area contributed by atoms with Crippen LogP contribution in [0.25, 0.3) is 11.4 Å². The van der Waals surface area contributed by atoms with E-state index in [9.17, 15) is 32.7 Å². The number of allylic oxidation sites excluding steroid dienone is 1. The van der Waals surface area contributed by atoms with Crippen molar-refractivity contribution in [2.75, 3.05) is 43.5 Å². The summed E-state index contributed by atoms with van der Waals surface area (Å²) in [6.07, 6.45) is 1.32. The van der Waals surface area contributed by atoms with E-state index >= 15 is 0 Å². The van der Waals surface area contributed by atoms with E-state index in [1.165, 1.54) is 35.8 Å². The molecule has 4 heterocycles. The highest BCUT2D eigenvalue weighted by atomic mass is 19.4. The molecule has 2 N–H and O–H groups in total. The highest BCUT2D eigenvalue weighted by molar-refractivity contribution is 5.95. The Labute approximate surface area is 285 Å². The monoisotopic (exact) mass is 694 g/mol. The summed E-state index contributed by atoms with van der Waals surface area (Å²) in [6.45, 7) is 4.04. The van der Waals surface area contributed by atoms with Gasteiger partial charge in [-0.1, -0.05) is 13.0 Å². The van der Waals surface area contributed by atoms with Gasteiger partial charge in [-0.05, 0) is 74.1 Å². The Bertz CT molecular complexity index is 2030. The molecule has 1 saturated heterocycles. The number of hydrogen-bond acceptors (Lipinski definition) is 9. The second kappa shape index (κ2) is 13.9. The molecule has 264 valence electrons. The molecule has 1 aliphatic carbocycles. The molecular formula is C34H37F3N8O5. The van der Waals surface area contributed by atoms with Crippen LogP contribution in [0.4, 0.5) is 24.5 Å². The molecule has 50 heavy (non-hydrogen) atoms. The number of halogens is 3. The number of nitrogens with one attached hydrogen (secondary N) is 1. The Morgan fingerprint density at radius 1 is 1.14 bits per heavy atom. The number of anilines is 2. The van der Waals surface area contributed by atoms with Gasteiger partial charge in [0.25, 0.3) is 11.5 Å². The number of aromatic nitrogens is 5. The zero-order valence-corrected chi connectivity index (χ0v) is 27.8. The van der Waals surface area contributed by atoms with Gasteiger partial charge in [-0.15, -0.1) is 5.10 Å². The summed E-state index contributed by atoms with van der Waals surface area (Å²) in [4.78, 5) is 53.1. The lowest BCUT2D eigenvalue weighted by Gasteiger charge is -2.36. The van der Waals surface area contributed by atoms with Crippen LogP contribution in [-0.4, -0.2) is 85.4 Å². The topological polar surface area (TPSA) is 147 Å².